The van der Waals surface area contributed by atoms with Crippen LogP contribution in [0.3, 0.4) is 0 Å². The zero-order valence-corrected chi connectivity index (χ0v) is 16.1. The average molecular weight is 387 g/mol. The van der Waals surface area contributed by atoms with Crippen molar-refractivity contribution in [1.82, 2.24) is 14.8 Å². The molecule has 2 aromatic heterocycles. The predicted molar refractivity (Wildman–Crippen MR) is 102 cm³/mol. The molecule has 3 rings (SSSR count). The van der Waals surface area contributed by atoms with Gasteiger partial charge in [-0.2, -0.15) is 0 Å². The highest BCUT2D eigenvalue weighted by molar-refractivity contribution is 7.99. The highest BCUT2D eigenvalue weighted by atomic mass is 32.2. The van der Waals surface area contributed by atoms with Crippen molar-refractivity contribution in [3.63, 3.8) is 0 Å². The molecule has 0 amide bonds. The number of Topliss-reactive ketones (excluding diaryl/α,β-unsaturated/α-hetero) is 1. The number of ether oxygens (including phenoxy) is 2. The quantitative estimate of drug-likeness (QED) is 0.389. The van der Waals surface area contributed by atoms with Gasteiger partial charge in [-0.15, -0.1) is 10.2 Å². The Balaban J connectivity index is 1.70. The van der Waals surface area contributed by atoms with E-state index in [0.717, 1.165) is 5.75 Å². The number of carbonyl (C=O) groups is 1. The number of benzene rings is 1. The summed E-state index contributed by atoms with van der Waals surface area (Å²) < 4.78 is 17.9. The second-order valence-electron chi connectivity index (χ2n) is 5.60. The Hall–Kier alpha value is -2.58. The standard InChI is InChI=1S/C19H21N3O4S/c1-3-25-15-8-6-14(7-9-15)16(23)13-27-19-21-20-18(17-5-4-11-26-17)22(19)10-12-24-2/h4-9,11H,3,10,12-13H2,1-2H3. The van der Waals surface area contributed by atoms with Crippen LogP contribution >= 0.6 is 11.8 Å². The smallest absolute Gasteiger partial charge is 0.200 e. The van der Waals surface area contributed by atoms with Crippen LogP contribution in [-0.4, -0.2) is 46.6 Å². The molecule has 0 aliphatic carbocycles. The van der Waals surface area contributed by atoms with Crippen LogP contribution in [0.2, 0.25) is 0 Å². The second kappa shape index (κ2) is 9.38. The molecule has 0 radical (unpaired) electrons. The number of hydrogen-bond acceptors (Lipinski definition) is 7. The Morgan fingerprint density at radius 2 is 2.04 bits per heavy atom. The summed E-state index contributed by atoms with van der Waals surface area (Å²) in [4.78, 5) is 12.5. The Kier molecular flexibility index (Phi) is 6.67. The van der Waals surface area contributed by atoms with Gasteiger partial charge >= 0.3 is 0 Å². The van der Waals surface area contributed by atoms with Gasteiger partial charge in [0.25, 0.3) is 0 Å². The van der Waals surface area contributed by atoms with E-state index < -0.39 is 0 Å². The first-order chi connectivity index (χ1) is 13.2. The van der Waals surface area contributed by atoms with Crippen molar-refractivity contribution < 1.29 is 18.7 Å². The molecule has 0 saturated heterocycles. The first kappa shape index (κ1) is 19.2. The molecule has 0 unspecified atom stereocenters. The van der Waals surface area contributed by atoms with E-state index in [4.69, 9.17) is 13.9 Å². The molecule has 1 aromatic carbocycles. The maximum Gasteiger partial charge on any atom is 0.200 e. The van der Waals surface area contributed by atoms with E-state index in [0.29, 0.717) is 42.1 Å². The van der Waals surface area contributed by atoms with Crippen LogP contribution in [-0.2, 0) is 11.3 Å². The molecule has 0 spiro atoms. The fourth-order valence-electron chi connectivity index (χ4n) is 2.48. The van der Waals surface area contributed by atoms with Crippen LogP contribution in [0.4, 0.5) is 0 Å². The van der Waals surface area contributed by atoms with Gasteiger partial charge < -0.3 is 13.9 Å². The summed E-state index contributed by atoms with van der Waals surface area (Å²) in [6.45, 7) is 3.59. The van der Waals surface area contributed by atoms with E-state index in [9.17, 15) is 4.79 Å². The lowest BCUT2D eigenvalue weighted by molar-refractivity contribution is 0.102. The van der Waals surface area contributed by atoms with Crippen LogP contribution in [0.25, 0.3) is 11.6 Å². The van der Waals surface area contributed by atoms with Crippen LogP contribution in [0.1, 0.15) is 17.3 Å². The van der Waals surface area contributed by atoms with Gasteiger partial charge in [0.1, 0.15) is 5.75 Å². The van der Waals surface area contributed by atoms with E-state index >= 15 is 0 Å². The molecular formula is C19H21N3O4S. The van der Waals surface area contributed by atoms with Crippen LogP contribution in [0.15, 0.2) is 52.2 Å². The zero-order valence-electron chi connectivity index (χ0n) is 15.3. The number of carbonyl (C=O) groups excluding carboxylic acids is 1. The Labute approximate surface area is 161 Å². The summed E-state index contributed by atoms with van der Waals surface area (Å²) in [6, 6.07) is 10.8. The topological polar surface area (TPSA) is 79.4 Å². The summed E-state index contributed by atoms with van der Waals surface area (Å²) in [7, 11) is 1.64. The fraction of sp³-hybridized carbons (Fsp3) is 0.316. The molecule has 142 valence electrons. The monoisotopic (exact) mass is 387 g/mol. The van der Waals surface area contributed by atoms with Crippen LogP contribution in [0.5, 0.6) is 5.75 Å². The molecule has 0 aliphatic heterocycles. The first-order valence-electron chi connectivity index (χ1n) is 8.57. The third kappa shape index (κ3) is 4.78. The number of nitrogens with zero attached hydrogens (tertiary/aromatic N) is 3. The molecule has 0 bridgehead atoms. The molecular weight excluding hydrogens is 366 g/mol. The largest absolute Gasteiger partial charge is 0.494 e. The third-order valence-electron chi connectivity index (χ3n) is 3.80. The second-order valence-corrected chi connectivity index (χ2v) is 6.54. The summed E-state index contributed by atoms with van der Waals surface area (Å²) in [6.07, 6.45) is 1.59. The minimum atomic E-state index is 0.0175. The number of ketones is 1. The fourth-order valence-corrected chi connectivity index (χ4v) is 3.34. The Morgan fingerprint density at radius 3 is 2.70 bits per heavy atom. The van der Waals surface area contributed by atoms with Gasteiger partial charge in [-0.3, -0.25) is 9.36 Å². The summed E-state index contributed by atoms with van der Waals surface area (Å²) in [5.41, 5.74) is 0.639. The maximum absolute atomic E-state index is 12.5. The van der Waals surface area contributed by atoms with Gasteiger partial charge in [0.05, 0.1) is 31.8 Å². The van der Waals surface area contributed by atoms with E-state index in [1.54, 1.807) is 43.7 Å². The summed E-state index contributed by atoms with van der Waals surface area (Å²) in [5, 5.41) is 9.08. The van der Waals surface area contributed by atoms with Crippen LogP contribution in [0, 0.1) is 0 Å². The molecule has 0 fully saturated rings. The van der Waals surface area contributed by atoms with Crippen molar-refractivity contribution in [3.05, 3.63) is 48.2 Å². The number of thioether (sulfide) groups is 1. The van der Waals surface area contributed by atoms with Gasteiger partial charge in [0, 0.05) is 12.7 Å². The van der Waals surface area contributed by atoms with E-state index in [1.807, 2.05) is 17.6 Å². The molecule has 2 heterocycles. The highest BCUT2D eigenvalue weighted by Crippen LogP contribution is 2.25. The van der Waals surface area contributed by atoms with E-state index in [2.05, 4.69) is 10.2 Å². The summed E-state index contributed by atoms with van der Waals surface area (Å²) >= 11 is 1.34. The minimum absolute atomic E-state index is 0.0175. The lowest BCUT2D eigenvalue weighted by atomic mass is 10.1. The summed E-state index contributed by atoms with van der Waals surface area (Å²) in [5.74, 6) is 2.28. The molecule has 3 aromatic rings. The third-order valence-corrected chi connectivity index (χ3v) is 4.76. The average Bonchev–Trinajstić information content (AvgIpc) is 3.34. The van der Waals surface area contributed by atoms with E-state index in [1.165, 1.54) is 11.8 Å². The zero-order chi connectivity index (χ0) is 19.1. The van der Waals surface area contributed by atoms with Crippen molar-refractivity contribution >= 4 is 17.5 Å². The number of methoxy groups -OCH3 is 1. The number of hydrogen-bond donors (Lipinski definition) is 0. The van der Waals surface area contributed by atoms with Gasteiger partial charge in [0.2, 0.25) is 5.82 Å². The van der Waals surface area contributed by atoms with Crippen molar-refractivity contribution in [3.8, 4) is 17.3 Å². The number of aromatic nitrogens is 3. The van der Waals surface area contributed by atoms with Crippen molar-refractivity contribution in [2.24, 2.45) is 0 Å². The first-order valence-corrected chi connectivity index (χ1v) is 9.56. The Morgan fingerprint density at radius 1 is 1.22 bits per heavy atom. The SMILES string of the molecule is CCOc1ccc(C(=O)CSc2nnc(-c3ccco3)n2CCOC)cc1. The molecule has 0 aliphatic rings. The predicted octanol–water partition coefficient (Wildman–Crippen LogP) is 3.56. The lowest BCUT2D eigenvalue weighted by Gasteiger charge is -2.08. The van der Waals surface area contributed by atoms with Crippen molar-refractivity contribution in [2.45, 2.75) is 18.6 Å². The van der Waals surface area contributed by atoms with Gasteiger partial charge in [0.15, 0.2) is 16.7 Å². The molecule has 8 heteroatoms. The molecule has 0 saturated carbocycles. The molecule has 7 nitrogen and oxygen atoms in total. The maximum atomic E-state index is 12.5. The van der Waals surface area contributed by atoms with Gasteiger partial charge in [-0.1, -0.05) is 11.8 Å². The number of furan rings is 1. The van der Waals surface area contributed by atoms with Crippen LogP contribution < -0.4 is 4.74 Å². The van der Waals surface area contributed by atoms with Crippen molar-refractivity contribution in [2.75, 3.05) is 26.1 Å². The molecule has 0 atom stereocenters. The van der Waals surface area contributed by atoms with Gasteiger partial charge in [-0.05, 0) is 43.3 Å². The van der Waals surface area contributed by atoms with Gasteiger partial charge in [-0.25, -0.2) is 0 Å². The van der Waals surface area contributed by atoms with E-state index in [-0.39, 0.29) is 11.5 Å². The lowest BCUT2D eigenvalue weighted by Crippen LogP contribution is -2.09. The Bertz CT molecular complexity index is 860. The normalized spacial score (nSPS) is 10.9. The number of rotatable bonds is 10. The molecule has 0 N–H and O–H groups in total. The molecule has 27 heavy (non-hydrogen) atoms. The van der Waals surface area contributed by atoms with Crippen molar-refractivity contribution in [1.29, 1.82) is 0 Å². The highest BCUT2D eigenvalue weighted by Gasteiger charge is 2.17. The minimum Gasteiger partial charge on any atom is -0.494 e.